The Bertz CT molecular complexity index is 709. The smallest absolute Gasteiger partial charge is 0.231 e. The zero-order chi connectivity index (χ0) is 14.1. The van der Waals surface area contributed by atoms with Gasteiger partial charge in [-0.2, -0.15) is 0 Å². The molecule has 20 heavy (non-hydrogen) atoms. The summed E-state index contributed by atoms with van der Waals surface area (Å²) < 4.78 is 0. The van der Waals surface area contributed by atoms with Gasteiger partial charge in [-0.3, -0.25) is 4.79 Å². The summed E-state index contributed by atoms with van der Waals surface area (Å²) in [6, 6.07) is 14.4. The molecule has 3 rings (SSSR count). The van der Waals surface area contributed by atoms with Crippen molar-refractivity contribution in [1.29, 1.82) is 0 Å². The molecular weight excluding hydrogens is 268 g/mol. The number of fused-ring (bicyclic) bond motifs is 3. The van der Waals surface area contributed by atoms with Gasteiger partial charge in [-0.25, -0.2) is 0 Å². The Balaban J connectivity index is 1.84. The number of nitrogens with one attached hydrogen (secondary N) is 1. The van der Waals surface area contributed by atoms with Crippen molar-refractivity contribution in [2.75, 3.05) is 5.32 Å². The van der Waals surface area contributed by atoms with E-state index in [9.17, 15) is 4.79 Å². The molecule has 0 heterocycles. The predicted octanol–water partition coefficient (Wildman–Crippen LogP) is 2.87. The van der Waals surface area contributed by atoms with Gasteiger partial charge in [-0.1, -0.05) is 42.5 Å². The molecule has 0 unspecified atom stereocenters. The van der Waals surface area contributed by atoms with Crippen LogP contribution in [-0.2, 0) is 11.2 Å². The quantitative estimate of drug-likeness (QED) is 0.726. The average Bonchev–Trinajstić information content (AvgIpc) is 2.75. The van der Waals surface area contributed by atoms with E-state index in [0.29, 0.717) is 0 Å². The van der Waals surface area contributed by atoms with Gasteiger partial charge in [-0.15, -0.1) is 0 Å². The van der Waals surface area contributed by atoms with Crippen LogP contribution in [0.3, 0.4) is 0 Å². The lowest BCUT2D eigenvalue weighted by Gasteiger charge is -2.07. The van der Waals surface area contributed by atoms with E-state index >= 15 is 0 Å². The Morgan fingerprint density at radius 2 is 1.90 bits per heavy atom. The first-order chi connectivity index (χ1) is 9.63. The molecule has 0 bridgehead atoms. The fourth-order valence-corrected chi connectivity index (χ4v) is 2.72. The summed E-state index contributed by atoms with van der Waals surface area (Å²) in [5, 5.41) is 2.82. The van der Waals surface area contributed by atoms with Crippen LogP contribution in [0.2, 0.25) is 0 Å². The molecule has 100 valence electrons. The van der Waals surface area contributed by atoms with E-state index in [4.69, 9.17) is 18.0 Å². The van der Waals surface area contributed by atoms with Crippen molar-refractivity contribution in [3.8, 4) is 11.1 Å². The van der Waals surface area contributed by atoms with Crippen LogP contribution in [0.4, 0.5) is 5.69 Å². The van der Waals surface area contributed by atoms with Gasteiger partial charge in [-0.05, 0) is 40.8 Å². The van der Waals surface area contributed by atoms with Gasteiger partial charge in [0.1, 0.15) is 0 Å². The number of nitrogens with two attached hydrogens (primary N) is 1. The lowest BCUT2D eigenvalue weighted by molar-refractivity contribution is -0.115. The van der Waals surface area contributed by atoms with Gasteiger partial charge in [0.25, 0.3) is 0 Å². The first-order valence-corrected chi connectivity index (χ1v) is 6.83. The van der Waals surface area contributed by atoms with Gasteiger partial charge in [0.05, 0.1) is 11.4 Å². The lowest BCUT2D eigenvalue weighted by atomic mass is 10.1. The molecule has 0 saturated carbocycles. The zero-order valence-electron chi connectivity index (χ0n) is 10.8. The third kappa shape index (κ3) is 2.42. The van der Waals surface area contributed by atoms with Crippen LogP contribution in [0.1, 0.15) is 17.5 Å². The molecule has 1 amide bonds. The number of amides is 1. The van der Waals surface area contributed by atoms with E-state index in [2.05, 4.69) is 29.6 Å². The first kappa shape index (κ1) is 12.8. The van der Waals surface area contributed by atoms with Gasteiger partial charge in [0.2, 0.25) is 5.91 Å². The van der Waals surface area contributed by atoms with Crippen LogP contribution in [0.15, 0.2) is 42.5 Å². The number of hydrogen-bond acceptors (Lipinski definition) is 2. The van der Waals surface area contributed by atoms with Crippen molar-refractivity contribution in [3.63, 3.8) is 0 Å². The van der Waals surface area contributed by atoms with E-state index < -0.39 is 0 Å². The molecule has 2 aromatic rings. The van der Waals surface area contributed by atoms with E-state index in [0.717, 1.165) is 12.1 Å². The maximum atomic E-state index is 11.7. The van der Waals surface area contributed by atoms with E-state index in [1.54, 1.807) is 0 Å². The number of carbonyl (C=O) groups is 1. The number of anilines is 1. The Kier molecular flexibility index (Phi) is 3.24. The summed E-state index contributed by atoms with van der Waals surface area (Å²) in [5.74, 6) is -0.173. The zero-order valence-corrected chi connectivity index (χ0v) is 11.7. The fourth-order valence-electron chi connectivity index (χ4n) is 2.59. The van der Waals surface area contributed by atoms with Crippen molar-refractivity contribution in [2.45, 2.75) is 12.8 Å². The first-order valence-electron chi connectivity index (χ1n) is 6.43. The third-order valence-electron chi connectivity index (χ3n) is 3.41. The molecule has 0 aliphatic heterocycles. The van der Waals surface area contributed by atoms with Crippen LogP contribution >= 0.6 is 12.2 Å². The van der Waals surface area contributed by atoms with Gasteiger partial charge in [0.15, 0.2) is 0 Å². The van der Waals surface area contributed by atoms with Crippen LogP contribution in [0.25, 0.3) is 11.1 Å². The maximum Gasteiger partial charge on any atom is 0.231 e. The van der Waals surface area contributed by atoms with Gasteiger partial charge >= 0.3 is 0 Å². The second-order valence-electron chi connectivity index (χ2n) is 4.90. The normalized spacial score (nSPS) is 11.6. The maximum absolute atomic E-state index is 11.7. The van der Waals surface area contributed by atoms with Crippen molar-refractivity contribution in [2.24, 2.45) is 5.73 Å². The number of hydrogen-bond donors (Lipinski definition) is 2. The van der Waals surface area contributed by atoms with Crippen LogP contribution in [0, 0.1) is 0 Å². The molecule has 0 saturated heterocycles. The highest BCUT2D eigenvalue weighted by Crippen LogP contribution is 2.37. The summed E-state index contributed by atoms with van der Waals surface area (Å²) in [6.45, 7) is 0. The highest BCUT2D eigenvalue weighted by atomic mass is 32.1. The van der Waals surface area contributed by atoms with Crippen LogP contribution in [0.5, 0.6) is 0 Å². The molecule has 3 nitrogen and oxygen atoms in total. The molecule has 0 spiro atoms. The van der Waals surface area contributed by atoms with Crippen molar-refractivity contribution < 1.29 is 4.79 Å². The standard InChI is InChI=1S/C16H14N2OS/c17-15(20)9-16(19)18-12-5-6-14-11(8-12)7-10-3-1-2-4-13(10)14/h1-6,8H,7,9H2,(H2,17,20)(H,18,19). The van der Waals surface area contributed by atoms with Crippen LogP contribution in [-0.4, -0.2) is 10.9 Å². The minimum Gasteiger partial charge on any atom is -0.393 e. The number of rotatable bonds is 3. The molecule has 4 heteroatoms. The third-order valence-corrected chi connectivity index (χ3v) is 3.56. The number of carbonyl (C=O) groups excluding carboxylic acids is 1. The largest absolute Gasteiger partial charge is 0.393 e. The molecule has 1 aliphatic carbocycles. The number of benzene rings is 2. The Labute approximate surface area is 122 Å². The van der Waals surface area contributed by atoms with E-state index in [1.807, 2.05) is 18.2 Å². The second kappa shape index (κ2) is 5.06. The summed E-state index contributed by atoms with van der Waals surface area (Å²) in [7, 11) is 0. The lowest BCUT2D eigenvalue weighted by Crippen LogP contribution is -2.20. The minimum absolute atomic E-state index is 0.0760. The van der Waals surface area contributed by atoms with Crippen molar-refractivity contribution in [3.05, 3.63) is 53.6 Å². The molecule has 0 atom stereocenters. The summed E-state index contributed by atoms with van der Waals surface area (Å²) >= 11 is 4.73. The Morgan fingerprint density at radius 3 is 2.70 bits per heavy atom. The SMILES string of the molecule is NC(=S)CC(=O)Nc1ccc2c(c1)Cc1ccccc1-2. The molecule has 3 N–H and O–H groups in total. The van der Waals surface area contributed by atoms with E-state index in [-0.39, 0.29) is 17.3 Å². The van der Waals surface area contributed by atoms with Crippen molar-refractivity contribution >= 4 is 28.8 Å². The molecule has 0 radical (unpaired) electrons. The van der Waals surface area contributed by atoms with Gasteiger partial charge in [0, 0.05) is 5.69 Å². The molecule has 1 aliphatic rings. The fraction of sp³-hybridized carbons (Fsp3) is 0.125. The molecule has 0 fully saturated rings. The van der Waals surface area contributed by atoms with Crippen molar-refractivity contribution in [1.82, 2.24) is 0 Å². The molecule has 2 aromatic carbocycles. The highest BCUT2D eigenvalue weighted by molar-refractivity contribution is 7.80. The van der Waals surface area contributed by atoms with Gasteiger partial charge < -0.3 is 11.1 Å². The Hall–Kier alpha value is -2.20. The summed E-state index contributed by atoms with van der Waals surface area (Å²) in [5.41, 5.74) is 11.2. The second-order valence-corrected chi connectivity index (χ2v) is 5.42. The Morgan fingerprint density at radius 1 is 1.15 bits per heavy atom. The van der Waals surface area contributed by atoms with E-state index in [1.165, 1.54) is 22.3 Å². The minimum atomic E-state index is -0.173. The summed E-state index contributed by atoms with van der Waals surface area (Å²) in [6.07, 6.45) is 0.983. The topological polar surface area (TPSA) is 55.1 Å². The molecule has 0 aromatic heterocycles. The number of thiocarbonyl (C=S) groups is 1. The average molecular weight is 282 g/mol. The van der Waals surface area contributed by atoms with Crippen LogP contribution < -0.4 is 11.1 Å². The molecular formula is C16H14N2OS. The monoisotopic (exact) mass is 282 g/mol. The summed E-state index contributed by atoms with van der Waals surface area (Å²) in [4.78, 5) is 11.9. The highest BCUT2D eigenvalue weighted by Gasteiger charge is 2.18. The predicted molar refractivity (Wildman–Crippen MR) is 84.7 cm³/mol.